The summed E-state index contributed by atoms with van der Waals surface area (Å²) in [5, 5.41) is 4.65. The molecule has 7 nitrogen and oxygen atoms in total. The highest BCUT2D eigenvalue weighted by atomic mass is 32.2. The van der Waals surface area contributed by atoms with Crippen molar-refractivity contribution in [3.63, 3.8) is 0 Å². The SMILES string of the molecule is CC(OC(=O)C1CCN(S(C)(=O)=O)CC1)C(=O)NCc1cccs1. The molecule has 1 atom stereocenters. The van der Waals surface area contributed by atoms with Gasteiger partial charge in [-0.2, -0.15) is 0 Å². The molecular weight excluding hydrogens is 352 g/mol. The number of nitrogens with zero attached hydrogens (tertiary/aromatic N) is 1. The molecule has 24 heavy (non-hydrogen) atoms. The third-order valence-electron chi connectivity index (χ3n) is 3.94. The second-order valence-corrected chi connectivity index (χ2v) is 8.83. The van der Waals surface area contributed by atoms with E-state index >= 15 is 0 Å². The van der Waals surface area contributed by atoms with Crippen LogP contribution < -0.4 is 5.32 Å². The zero-order valence-corrected chi connectivity index (χ0v) is 15.4. The predicted octanol–water partition coefficient (Wildman–Crippen LogP) is 0.968. The number of sulfonamides is 1. The summed E-state index contributed by atoms with van der Waals surface area (Å²) in [5.74, 6) is -1.15. The number of thiophene rings is 1. The molecule has 0 spiro atoms. The third kappa shape index (κ3) is 5.29. The van der Waals surface area contributed by atoms with E-state index in [1.54, 1.807) is 0 Å². The Labute approximate surface area is 146 Å². The Bertz CT molecular complexity index is 664. The minimum Gasteiger partial charge on any atom is -0.452 e. The standard InChI is InChI=1S/C15H22N2O5S2/c1-11(14(18)16-10-13-4-3-9-23-13)22-15(19)12-5-7-17(8-6-12)24(2,20)21/h3-4,9,11-12H,5-8,10H2,1-2H3,(H,16,18). The molecular formula is C15H22N2O5S2. The van der Waals surface area contributed by atoms with E-state index in [4.69, 9.17) is 4.74 Å². The monoisotopic (exact) mass is 374 g/mol. The lowest BCUT2D eigenvalue weighted by Gasteiger charge is -2.29. The number of rotatable bonds is 6. The van der Waals surface area contributed by atoms with Crippen molar-refractivity contribution in [3.8, 4) is 0 Å². The summed E-state index contributed by atoms with van der Waals surface area (Å²) in [6.07, 6.45) is 1.11. The van der Waals surface area contributed by atoms with Crippen molar-refractivity contribution in [2.45, 2.75) is 32.4 Å². The van der Waals surface area contributed by atoms with Crippen molar-refractivity contribution in [2.75, 3.05) is 19.3 Å². The van der Waals surface area contributed by atoms with E-state index in [9.17, 15) is 18.0 Å². The molecule has 0 aromatic carbocycles. The smallest absolute Gasteiger partial charge is 0.309 e. The van der Waals surface area contributed by atoms with Gasteiger partial charge in [-0.05, 0) is 31.2 Å². The molecule has 2 rings (SSSR count). The lowest BCUT2D eigenvalue weighted by Crippen LogP contribution is -2.42. The van der Waals surface area contributed by atoms with E-state index in [-0.39, 0.29) is 11.8 Å². The van der Waals surface area contributed by atoms with Crippen molar-refractivity contribution in [1.29, 1.82) is 0 Å². The predicted molar refractivity (Wildman–Crippen MR) is 90.9 cm³/mol. The Hall–Kier alpha value is -1.45. The Morgan fingerprint density at radius 1 is 1.42 bits per heavy atom. The fourth-order valence-electron chi connectivity index (χ4n) is 2.48. The quantitative estimate of drug-likeness (QED) is 0.749. The molecule has 1 saturated heterocycles. The molecule has 1 aromatic rings. The summed E-state index contributed by atoms with van der Waals surface area (Å²) in [6.45, 7) is 2.55. The van der Waals surface area contributed by atoms with Crippen LogP contribution in [0.2, 0.25) is 0 Å². The lowest BCUT2D eigenvalue weighted by atomic mass is 9.98. The number of hydrogen-bond donors (Lipinski definition) is 1. The van der Waals surface area contributed by atoms with Crippen LogP contribution in [-0.2, 0) is 30.9 Å². The van der Waals surface area contributed by atoms with Crippen LogP contribution in [0.1, 0.15) is 24.6 Å². The van der Waals surface area contributed by atoms with E-state index in [0.717, 1.165) is 11.1 Å². The molecule has 134 valence electrons. The number of nitrogens with one attached hydrogen (secondary N) is 1. The minimum atomic E-state index is -3.22. The summed E-state index contributed by atoms with van der Waals surface area (Å²) < 4.78 is 29.5. The zero-order chi connectivity index (χ0) is 17.7. The van der Waals surface area contributed by atoms with Crippen LogP contribution in [0.3, 0.4) is 0 Å². The number of carbonyl (C=O) groups is 2. The highest BCUT2D eigenvalue weighted by Gasteiger charge is 2.31. The van der Waals surface area contributed by atoms with Crippen molar-refractivity contribution in [3.05, 3.63) is 22.4 Å². The highest BCUT2D eigenvalue weighted by molar-refractivity contribution is 7.88. The summed E-state index contributed by atoms with van der Waals surface area (Å²) in [4.78, 5) is 25.1. The Morgan fingerprint density at radius 3 is 2.62 bits per heavy atom. The van der Waals surface area contributed by atoms with Crippen LogP contribution >= 0.6 is 11.3 Å². The van der Waals surface area contributed by atoms with Crippen molar-refractivity contribution < 1.29 is 22.7 Å². The average molecular weight is 374 g/mol. The van der Waals surface area contributed by atoms with Gasteiger partial charge >= 0.3 is 5.97 Å². The molecule has 1 aromatic heterocycles. The Morgan fingerprint density at radius 2 is 2.08 bits per heavy atom. The van der Waals surface area contributed by atoms with Crippen LogP contribution in [0.5, 0.6) is 0 Å². The number of esters is 1. The van der Waals surface area contributed by atoms with Crippen LogP contribution in [-0.4, -0.2) is 50.0 Å². The summed E-state index contributed by atoms with van der Waals surface area (Å²) >= 11 is 1.54. The second-order valence-electron chi connectivity index (χ2n) is 5.81. The molecule has 1 unspecified atom stereocenters. The van der Waals surface area contributed by atoms with Crippen molar-refractivity contribution in [2.24, 2.45) is 5.92 Å². The zero-order valence-electron chi connectivity index (χ0n) is 13.7. The maximum Gasteiger partial charge on any atom is 0.309 e. The number of hydrogen-bond acceptors (Lipinski definition) is 6. The Balaban J connectivity index is 1.76. The topological polar surface area (TPSA) is 92.8 Å². The number of amides is 1. The van der Waals surface area contributed by atoms with Crippen molar-refractivity contribution in [1.82, 2.24) is 9.62 Å². The van der Waals surface area contributed by atoms with E-state index in [1.807, 2.05) is 17.5 Å². The van der Waals surface area contributed by atoms with Crippen LogP contribution in [0.25, 0.3) is 0 Å². The number of carbonyl (C=O) groups excluding carboxylic acids is 2. The molecule has 0 saturated carbocycles. The molecule has 0 bridgehead atoms. The minimum absolute atomic E-state index is 0.303. The van der Waals surface area contributed by atoms with Gasteiger partial charge in [0.15, 0.2) is 6.10 Å². The van der Waals surface area contributed by atoms with Gasteiger partial charge < -0.3 is 10.1 Å². The van der Waals surface area contributed by atoms with Gasteiger partial charge in [-0.1, -0.05) is 6.07 Å². The van der Waals surface area contributed by atoms with Gasteiger partial charge in [0.05, 0.1) is 18.7 Å². The maximum atomic E-state index is 12.1. The van der Waals surface area contributed by atoms with Gasteiger partial charge in [0, 0.05) is 18.0 Å². The first kappa shape index (κ1) is 18.9. The van der Waals surface area contributed by atoms with Crippen molar-refractivity contribution >= 4 is 33.2 Å². The molecule has 1 fully saturated rings. The van der Waals surface area contributed by atoms with Gasteiger partial charge in [-0.25, -0.2) is 12.7 Å². The Kier molecular flexibility index (Phi) is 6.36. The molecule has 0 aliphatic carbocycles. The molecule has 2 heterocycles. The number of piperidine rings is 1. The largest absolute Gasteiger partial charge is 0.452 e. The van der Waals surface area contributed by atoms with E-state index in [0.29, 0.717) is 32.5 Å². The summed E-state index contributed by atoms with van der Waals surface area (Å²) in [7, 11) is -3.22. The second kappa shape index (κ2) is 8.09. The molecule has 9 heteroatoms. The highest BCUT2D eigenvalue weighted by Crippen LogP contribution is 2.21. The molecule has 1 aliphatic heterocycles. The maximum absolute atomic E-state index is 12.1. The third-order valence-corrected chi connectivity index (χ3v) is 6.11. The van der Waals surface area contributed by atoms with E-state index < -0.39 is 22.1 Å². The molecule has 1 N–H and O–H groups in total. The fraction of sp³-hybridized carbons (Fsp3) is 0.600. The summed E-state index contributed by atoms with van der Waals surface area (Å²) in [6, 6.07) is 3.82. The van der Waals surface area contributed by atoms with Crippen LogP contribution in [0, 0.1) is 5.92 Å². The van der Waals surface area contributed by atoms with Crippen LogP contribution in [0.4, 0.5) is 0 Å². The van der Waals surface area contributed by atoms with Gasteiger partial charge in [-0.3, -0.25) is 9.59 Å². The first-order chi connectivity index (χ1) is 11.3. The van der Waals surface area contributed by atoms with Gasteiger partial charge in [0.2, 0.25) is 10.0 Å². The average Bonchev–Trinajstić information content (AvgIpc) is 3.05. The van der Waals surface area contributed by atoms with E-state index in [1.165, 1.54) is 22.6 Å². The van der Waals surface area contributed by atoms with E-state index in [2.05, 4.69) is 5.32 Å². The normalized spacial score (nSPS) is 18.1. The molecule has 1 aliphatic rings. The first-order valence-electron chi connectivity index (χ1n) is 7.73. The fourth-order valence-corrected chi connectivity index (χ4v) is 4.00. The van der Waals surface area contributed by atoms with Gasteiger partial charge in [-0.15, -0.1) is 11.3 Å². The number of ether oxygens (including phenoxy) is 1. The summed E-state index contributed by atoms with van der Waals surface area (Å²) in [5.41, 5.74) is 0. The van der Waals surface area contributed by atoms with Gasteiger partial charge in [0.1, 0.15) is 0 Å². The molecule has 0 radical (unpaired) electrons. The van der Waals surface area contributed by atoms with Crippen LogP contribution in [0.15, 0.2) is 17.5 Å². The lowest BCUT2D eigenvalue weighted by molar-refractivity contribution is -0.159. The molecule has 1 amide bonds. The van der Waals surface area contributed by atoms with Gasteiger partial charge in [0.25, 0.3) is 5.91 Å². The first-order valence-corrected chi connectivity index (χ1v) is 10.5.